The molecule has 0 unspecified atom stereocenters. The minimum absolute atomic E-state index is 0.0772. The number of furan rings is 1. The molecule has 0 radical (unpaired) electrons. The summed E-state index contributed by atoms with van der Waals surface area (Å²) in [5.74, 6) is -0.0454. The van der Waals surface area contributed by atoms with Crippen LogP contribution in [-0.4, -0.2) is 72.8 Å². The standard InChI is InChI=1S/C23H33N3O4/c1-2-3-4-7-23(29)26-12-10-25(11-13-26)9-8-24-17-19-20(27)15-18(16-21(19)28)22-6-5-14-30-22/h5-6,14,17-19H,2-4,7-13,15-16H2,1H3. The molecule has 1 aromatic heterocycles. The third kappa shape index (κ3) is 6.11. The second-order valence-corrected chi connectivity index (χ2v) is 8.27. The first-order valence-electron chi connectivity index (χ1n) is 11.2. The van der Waals surface area contributed by atoms with E-state index in [4.69, 9.17) is 4.42 Å². The first-order chi connectivity index (χ1) is 14.6. The quantitative estimate of drug-likeness (QED) is 0.352. The van der Waals surface area contributed by atoms with Gasteiger partial charge in [0.15, 0.2) is 0 Å². The van der Waals surface area contributed by atoms with E-state index in [1.807, 2.05) is 11.0 Å². The van der Waals surface area contributed by atoms with Crippen molar-refractivity contribution in [2.45, 2.75) is 51.4 Å². The minimum Gasteiger partial charge on any atom is -0.469 e. The number of Topliss-reactive ketones (excluding diaryl/α,β-unsaturated/α-hetero) is 2. The minimum atomic E-state index is -0.714. The summed E-state index contributed by atoms with van der Waals surface area (Å²) >= 11 is 0. The van der Waals surface area contributed by atoms with Gasteiger partial charge in [0.1, 0.15) is 23.2 Å². The molecule has 7 heteroatoms. The van der Waals surface area contributed by atoms with Crippen LogP contribution in [0.4, 0.5) is 0 Å². The van der Waals surface area contributed by atoms with Gasteiger partial charge in [0.2, 0.25) is 5.91 Å². The SMILES string of the molecule is CCCCCC(=O)N1CCN(CCN=CC2C(=O)CC(c3ccco3)CC2=O)CC1. The van der Waals surface area contributed by atoms with E-state index in [0.29, 0.717) is 31.6 Å². The van der Waals surface area contributed by atoms with Crippen LogP contribution in [0.3, 0.4) is 0 Å². The van der Waals surface area contributed by atoms with Crippen molar-refractivity contribution in [3.8, 4) is 0 Å². The van der Waals surface area contributed by atoms with E-state index in [0.717, 1.165) is 52.0 Å². The molecule has 164 valence electrons. The number of ketones is 2. The van der Waals surface area contributed by atoms with Gasteiger partial charge in [0.05, 0.1) is 12.8 Å². The Morgan fingerprint density at radius 3 is 2.53 bits per heavy atom. The zero-order chi connectivity index (χ0) is 21.3. The number of carbonyl (C=O) groups excluding carboxylic acids is 3. The molecule has 0 atom stereocenters. The molecule has 1 aliphatic heterocycles. The Hall–Kier alpha value is -2.28. The zero-order valence-electron chi connectivity index (χ0n) is 17.9. The van der Waals surface area contributed by atoms with Crippen LogP contribution in [-0.2, 0) is 14.4 Å². The fraction of sp³-hybridized carbons (Fsp3) is 0.652. The van der Waals surface area contributed by atoms with Crippen LogP contribution in [0.25, 0.3) is 0 Å². The van der Waals surface area contributed by atoms with Crippen molar-refractivity contribution in [2.75, 3.05) is 39.3 Å². The smallest absolute Gasteiger partial charge is 0.222 e. The highest BCUT2D eigenvalue weighted by atomic mass is 16.3. The third-order valence-electron chi connectivity index (χ3n) is 6.05. The fourth-order valence-corrected chi connectivity index (χ4v) is 4.17. The molecule has 30 heavy (non-hydrogen) atoms. The topological polar surface area (TPSA) is 83.2 Å². The summed E-state index contributed by atoms with van der Waals surface area (Å²) in [6.45, 7) is 6.71. The lowest BCUT2D eigenvalue weighted by atomic mass is 9.79. The van der Waals surface area contributed by atoms with Crippen LogP contribution >= 0.6 is 0 Å². The van der Waals surface area contributed by atoms with E-state index in [1.54, 1.807) is 12.3 Å². The fourth-order valence-electron chi connectivity index (χ4n) is 4.17. The molecule has 1 aliphatic carbocycles. The van der Waals surface area contributed by atoms with Crippen LogP contribution in [0, 0.1) is 5.92 Å². The molecule has 1 saturated carbocycles. The van der Waals surface area contributed by atoms with Gasteiger partial charge in [0, 0.05) is 64.1 Å². The first-order valence-corrected chi connectivity index (χ1v) is 11.2. The van der Waals surface area contributed by atoms with Crippen molar-refractivity contribution in [3.63, 3.8) is 0 Å². The van der Waals surface area contributed by atoms with Crippen molar-refractivity contribution in [1.82, 2.24) is 9.80 Å². The maximum atomic E-state index is 12.4. The van der Waals surface area contributed by atoms with Gasteiger partial charge in [-0.05, 0) is 18.6 Å². The van der Waals surface area contributed by atoms with Crippen molar-refractivity contribution in [3.05, 3.63) is 24.2 Å². The van der Waals surface area contributed by atoms with Crippen molar-refractivity contribution >= 4 is 23.7 Å². The lowest BCUT2D eigenvalue weighted by Crippen LogP contribution is -2.49. The number of nitrogens with zero attached hydrogens (tertiary/aromatic N) is 3. The van der Waals surface area contributed by atoms with E-state index in [9.17, 15) is 14.4 Å². The molecule has 0 aromatic carbocycles. The number of rotatable bonds is 9. The molecule has 2 fully saturated rings. The van der Waals surface area contributed by atoms with Gasteiger partial charge in [-0.2, -0.15) is 0 Å². The summed E-state index contributed by atoms with van der Waals surface area (Å²) in [5, 5.41) is 0. The largest absolute Gasteiger partial charge is 0.469 e. The molecule has 1 aromatic rings. The highest BCUT2D eigenvalue weighted by Crippen LogP contribution is 2.31. The molecule has 1 saturated heterocycles. The van der Waals surface area contributed by atoms with Gasteiger partial charge in [-0.25, -0.2) is 0 Å². The number of aliphatic imine (C=N–C) groups is 1. The average Bonchev–Trinajstić information content (AvgIpc) is 3.28. The Bertz CT molecular complexity index is 718. The Morgan fingerprint density at radius 2 is 1.90 bits per heavy atom. The maximum Gasteiger partial charge on any atom is 0.222 e. The summed E-state index contributed by atoms with van der Waals surface area (Å²) < 4.78 is 5.35. The summed E-state index contributed by atoms with van der Waals surface area (Å²) in [7, 11) is 0. The summed E-state index contributed by atoms with van der Waals surface area (Å²) in [6.07, 6.45) is 7.63. The summed E-state index contributed by atoms with van der Waals surface area (Å²) in [5.41, 5.74) is 0. The maximum absolute atomic E-state index is 12.4. The van der Waals surface area contributed by atoms with Gasteiger partial charge >= 0.3 is 0 Å². The molecule has 7 nitrogen and oxygen atoms in total. The molecule has 0 spiro atoms. The van der Waals surface area contributed by atoms with Gasteiger partial charge in [0.25, 0.3) is 0 Å². The second-order valence-electron chi connectivity index (χ2n) is 8.27. The molecular weight excluding hydrogens is 382 g/mol. The third-order valence-corrected chi connectivity index (χ3v) is 6.05. The van der Waals surface area contributed by atoms with Crippen LogP contribution < -0.4 is 0 Å². The molecule has 0 bridgehead atoms. The molecular formula is C23H33N3O4. The van der Waals surface area contributed by atoms with E-state index in [1.165, 1.54) is 6.21 Å². The van der Waals surface area contributed by atoms with Gasteiger partial charge in [-0.15, -0.1) is 0 Å². The van der Waals surface area contributed by atoms with Gasteiger partial charge in [-0.3, -0.25) is 24.3 Å². The summed E-state index contributed by atoms with van der Waals surface area (Å²) in [6, 6.07) is 3.60. The normalized spacial score (nSPS) is 23.4. The van der Waals surface area contributed by atoms with Crippen molar-refractivity contribution in [2.24, 2.45) is 10.9 Å². The van der Waals surface area contributed by atoms with E-state index in [-0.39, 0.29) is 23.4 Å². The monoisotopic (exact) mass is 415 g/mol. The lowest BCUT2D eigenvalue weighted by Gasteiger charge is -2.34. The Kier molecular flexibility index (Phi) is 8.37. The molecule has 3 rings (SSSR count). The van der Waals surface area contributed by atoms with E-state index < -0.39 is 5.92 Å². The lowest BCUT2D eigenvalue weighted by molar-refractivity contribution is -0.134. The Balaban J connectivity index is 1.36. The number of hydrogen-bond acceptors (Lipinski definition) is 6. The average molecular weight is 416 g/mol. The van der Waals surface area contributed by atoms with Crippen molar-refractivity contribution < 1.29 is 18.8 Å². The number of piperazine rings is 1. The van der Waals surface area contributed by atoms with Gasteiger partial charge in [-0.1, -0.05) is 19.8 Å². The second kappa shape index (κ2) is 11.2. The highest BCUT2D eigenvalue weighted by Gasteiger charge is 2.36. The number of unbranched alkanes of at least 4 members (excludes halogenated alkanes) is 2. The van der Waals surface area contributed by atoms with Crippen LogP contribution in [0.5, 0.6) is 0 Å². The van der Waals surface area contributed by atoms with E-state index >= 15 is 0 Å². The number of amides is 1. The summed E-state index contributed by atoms with van der Waals surface area (Å²) in [4.78, 5) is 45.6. The zero-order valence-corrected chi connectivity index (χ0v) is 17.9. The Morgan fingerprint density at radius 1 is 1.17 bits per heavy atom. The van der Waals surface area contributed by atoms with Crippen LogP contribution in [0.15, 0.2) is 27.8 Å². The van der Waals surface area contributed by atoms with Crippen LogP contribution in [0.1, 0.15) is 57.1 Å². The Labute approximate surface area is 178 Å². The van der Waals surface area contributed by atoms with Crippen LogP contribution in [0.2, 0.25) is 0 Å². The number of carbonyl (C=O) groups is 3. The predicted molar refractivity (Wildman–Crippen MR) is 115 cm³/mol. The molecule has 2 heterocycles. The van der Waals surface area contributed by atoms with Crippen molar-refractivity contribution in [1.29, 1.82) is 0 Å². The molecule has 1 amide bonds. The molecule has 2 aliphatic rings. The predicted octanol–water partition coefficient (Wildman–Crippen LogP) is 2.71. The highest BCUT2D eigenvalue weighted by molar-refractivity contribution is 6.16. The van der Waals surface area contributed by atoms with Gasteiger partial charge < -0.3 is 9.32 Å². The first kappa shape index (κ1) is 22.4. The number of hydrogen-bond donors (Lipinski definition) is 0. The molecule has 0 N–H and O–H groups in total. The van der Waals surface area contributed by atoms with E-state index in [2.05, 4.69) is 16.8 Å².